The van der Waals surface area contributed by atoms with Crippen molar-refractivity contribution in [3.05, 3.63) is 132 Å². The van der Waals surface area contributed by atoms with Gasteiger partial charge in [0.1, 0.15) is 5.76 Å². The number of allylic oxidation sites excluding steroid dienone is 2. The molecule has 0 aliphatic rings. The zero-order chi connectivity index (χ0) is 36.9. The molecule has 5 heteroatoms. The minimum absolute atomic E-state index is 0. The van der Waals surface area contributed by atoms with Crippen LogP contribution in [0.5, 0.6) is 0 Å². The summed E-state index contributed by atoms with van der Waals surface area (Å²) in [4.78, 5) is 18.5. The van der Waals surface area contributed by atoms with Crippen LogP contribution in [-0.2, 0) is 20.1 Å². The molecular formula is C47H50IrN2O2. The number of pyridine rings is 1. The standard InChI is InChI=1S/C32H21N2.C15H28O2.Ir/c1-20-15-21(2)17-25(16-20)32-31-12-11-28-27-9-7-23(22-5-4-6-26(19-22)33-3)18-24(27)8-10-29(28)30(31)13-14-34-32;1-7-14(5,8-2)12(16)11-13(17)15(6,9-3)10-4;/h4-16,18-19H,1-2H3;11,16H,7-10H2,1-6H3;/q-1;;/p+1/b;12-11-;. The average molecular weight is 867 g/mol. The fourth-order valence-electron chi connectivity index (χ4n) is 6.69. The topological polar surface area (TPSA) is 58.9 Å². The number of nitrogens with zero attached hydrogens (tertiary/aromatic N) is 2. The number of hydrogen-bond donors (Lipinski definition) is 1. The molecule has 0 saturated heterocycles. The van der Waals surface area contributed by atoms with Crippen molar-refractivity contribution < 1.29 is 30.0 Å². The molecular weight excluding hydrogens is 817 g/mol. The molecule has 0 amide bonds. The molecule has 0 atom stereocenters. The number of carbonyl (C=O) groups excluding carboxylic acids is 1. The maximum Gasteiger partial charge on any atom is 0.325 e. The van der Waals surface area contributed by atoms with E-state index in [0.717, 1.165) is 59.0 Å². The second-order valence-corrected chi connectivity index (χ2v) is 14.3. The van der Waals surface area contributed by atoms with Crippen LogP contribution >= 0.6 is 0 Å². The van der Waals surface area contributed by atoms with E-state index in [4.69, 9.17) is 11.6 Å². The van der Waals surface area contributed by atoms with Crippen LogP contribution in [0.3, 0.4) is 0 Å². The molecule has 0 aliphatic carbocycles. The number of aliphatic hydroxyl groups excluding tert-OH is 1. The predicted octanol–water partition coefficient (Wildman–Crippen LogP) is 13.5. The minimum Gasteiger partial charge on any atom is -0.511 e. The monoisotopic (exact) mass is 867 g/mol. The molecule has 4 nitrogen and oxygen atoms in total. The van der Waals surface area contributed by atoms with Gasteiger partial charge in [-0.25, -0.2) is 4.85 Å². The number of aliphatic hydroxyl groups is 1. The van der Waals surface area contributed by atoms with Crippen LogP contribution in [0.15, 0.2) is 103 Å². The zero-order valence-electron chi connectivity index (χ0n) is 31.7. The maximum atomic E-state index is 10.2. The Hall–Kier alpha value is -4.62. The van der Waals surface area contributed by atoms with Gasteiger partial charge in [-0.05, 0) is 99.9 Å². The molecule has 269 valence electrons. The number of aryl methyl sites for hydroxylation is 2. The van der Waals surface area contributed by atoms with Crippen molar-refractivity contribution in [1.29, 1.82) is 0 Å². The van der Waals surface area contributed by atoms with Crippen LogP contribution in [0.4, 0.5) is 5.69 Å². The van der Waals surface area contributed by atoms with Crippen molar-refractivity contribution in [2.24, 2.45) is 10.8 Å². The van der Waals surface area contributed by atoms with Crippen molar-refractivity contribution in [3.63, 3.8) is 0 Å². The first-order chi connectivity index (χ1) is 24.4. The van der Waals surface area contributed by atoms with Gasteiger partial charge in [0.2, 0.25) is 0 Å². The first-order valence-corrected chi connectivity index (χ1v) is 18.1. The third-order valence-electron chi connectivity index (χ3n) is 11.1. The Kier molecular flexibility index (Phi) is 13.0. The van der Waals surface area contributed by atoms with Gasteiger partial charge in [0.15, 0.2) is 5.69 Å². The fraction of sp³-hybridized carbons (Fsp3) is 0.298. The zero-order valence-corrected chi connectivity index (χ0v) is 34.1. The largest absolute Gasteiger partial charge is 0.511 e. The summed E-state index contributed by atoms with van der Waals surface area (Å²) in [6.45, 7) is 23.8. The predicted molar refractivity (Wildman–Crippen MR) is 217 cm³/mol. The Balaban J connectivity index is 0.000000289. The van der Waals surface area contributed by atoms with E-state index in [-0.39, 0.29) is 30.9 Å². The van der Waals surface area contributed by atoms with Gasteiger partial charge in [0.05, 0.1) is 18.1 Å². The fourth-order valence-corrected chi connectivity index (χ4v) is 6.69. The molecule has 1 heterocycles. The van der Waals surface area contributed by atoms with Gasteiger partial charge < -0.3 is 10.1 Å². The van der Waals surface area contributed by atoms with Crippen molar-refractivity contribution in [1.82, 2.24) is 4.98 Å². The molecule has 6 aromatic rings. The van der Waals surface area contributed by atoms with E-state index in [2.05, 4.69) is 119 Å². The molecule has 1 radical (unpaired) electrons. The van der Waals surface area contributed by atoms with E-state index < -0.39 is 0 Å². The first kappa shape index (κ1) is 40.2. The molecule has 5 aromatic carbocycles. The van der Waals surface area contributed by atoms with Gasteiger partial charge in [-0.1, -0.05) is 103 Å². The Morgan fingerprint density at radius 2 is 1.37 bits per heavy atom. The molecule has 6 rings (SSSR count). The Labute approximate surface area is 323 Å². The van der Waals surface area contributed by atoms with E-state index in [1.54, 1.807) is 6.08 Å². The van der Waals surface area contributed by atoms with Crippen LogP contribution in [0, 0.1) is 37.3 Å². The summed E-state index contributed by atoms with van der Waals surface area (Å²) >= 11 is 0. The molecule has 0 spiro atoms. The third kappa shape index (κ3) is 8.20. The van der Waals surface area contributed by atoms with Crippen LogP contribution in [0.25, 0.3) is 59.5 Å². The number of fused-ring (bicyclic) bond motifs is 5. The van der Waals surface area contributed by atoms with E-state index in [9.17, 15) is 9.90 Å². The van der Waals surface area contributed by atoms with Gasteiger partial charge in [-0.3, -0.25) is 4.79 Å². The molecule has 2 N–H and O–H groups in total. The van der Waals surface area contributed by atoms with Crippen molar-refractivity contribution in [2.45, 2.75) is 81.1 Å². The Morgan fingerprint density at radius 1 is 0.769 bits per heavy atom. The second-order valence-electron chi connectivity index (χ2n) is 14.3. The molecule has 52 heavy (non-hydrogen) atoms. The van der Waals surface area contributed by atoms with E-state index >= 15 is 0 Å². The normalized spacial score (nSPS) is 11.9. The summed E-state index contributed by atoms with van der Waals surface area (Å²) in [5, 5.41) is 17.4. The summed E-state index contributed by atoms with van der Waals surface area (Å²) < 4.78 is 0. The van der Waals surface area contributed by atoms with Gasteiger partial charge in [0.25, 0.3) is 0 Å². The van der Waals surface area contributed by atoms with Crippen LogP contribution in [0.1, 0.15) is 78.4 Å². The van der Waals surface area contributed by atoms with Gasteiger partial charge in [-0.2, -0.15) is 0 Å². The van der Waals surface area contributed by atoms with Gasteiger partial charge in [0, 0.05) is 31.7 Å². The smallest absolute Gasteiger partial charge is 0.325 e. The van der Waals surface area contributed by atoms with E-state index in [1.807, 2.05) is 38.2 Å². The quantitative estimate of drug-likeness (QED) is 0.0517. The van der Waals surface area contributed by atoms with Crippen molar-refractivity contribution >= 4 is 43.8 Å². The summed E-state index contributed by atoms with van der Waals surface area (Å²) in [7, 11) is 0. The van der Waals surface area contributed by atoms with Gasteiger partial charge in [-0.15, -0.1) is 34.9 Å². The molecule has 0 saturated carbocycles. The van der Waals surface area contributed by atoms with Crippen LogP contribution in [0.2, 0.25) is 0 Å². The van der Waals surface area contributed by atoms with Crippen molar-refractivity contribution in [3.8, 4) is 22.4 Å². The maximum absolute atomic E-state index is 10.2. The minimum atomic E-state index is -0.226. The number of benzene rings is 5. The molecule has 0 unspecified atom stereocenters. The van der Waals surface area contributed by atoms with Crippen molar-refractivity contribution in [2.75, 3.05) is 0 Å². The number of ketones is 1. The van der Waals surface area contributed by atoms with Gasteiger partial charge >= 0.3 is 5.78 Å². The Morgan fingerprint density at radius 3 is 2.02 bits per heavy atom. The molecule has 0 aliphatic heterocycles. The first-order valence-electron chi connectivity index (χ1n) is 18.1. The van der Waals surface area contributed by atoms with E-state index in [0.29, 0.717) is 17.2 Å². The summed E-state index contributed by atoms with van der Waals surface area (Å²) in [6, 6.07) is 33.1. The Bertz CT molecular complexity index is 2290. The molecule has 0 bridgehead atoms. The van der Waals surface area contributed by atoms with Crippen LogP contribution < -0.4 is 0 Å². The third-order valence-corrected chi connectivity index (χ3v) is 11.1. The molecule has 1 aromatic heterocycles. The molecule has 0 fully saturated rings. The van der Waals surface area contributed by atoms with E-state index in [1.165, 1.54) is 32.5 Å². The second kappa shape index (κ2) is 16.8. The summed E-state index contributed by atoms with van der Waals surface area (Å²) in [6.07, 6.45) is 6.95. The number of hydrogen-bond acceptors (Lipinski definition) is 2. The summed E-state index contributed by atoms with van der Waals surface area (Å²) in [5.74, 6) is 0.598. The number of aromatic nitrogens is 1. The summed E-state index contributed by atoms with van der Waals surface area (Å²) in [5.41, 5.74) is 6.74. The average Bonchev–Trinajstić information content (AvgIpc) is 3.16. The number of rotatable bonds is 9. The SMILES string of the molecule is CCC(C)(CC)C(=[OH+])/C=C(\O)C(C)(CC)CC.[C-]#[N+]c1cccc(-c2ccc3c(ccc4c5ccnc(-c6[c-]c(C)cc(C)c6)c5ccc34)c2)c1.[Ir]. The van der Waals surface area contributed by atoms with Crippen LogP contribution in [-0.4, -0.2) is 20.7 Å².